The van der Waals surface area contributed by atoms with E-state index in [9.17, 15) is 4.79 Å². The highest BCUT2D eigenvalue weighted by Gasteiger charge is 2.30. The van der Waals surface area contributed by atoms with E-state index in [1.165, 1.54) is 0 Å². The number of ether oxygens (including phenoxy) is 1. The second-order valence-electron chi connectivity index (χ2n) is 9.73. The van der Waals surface area contributed by atoms with Crippen molar-refractivity contribution in [2.45, 2.75) is 56.5 Å². The number of nitrogens with one attached hydrogen (secondary N) is 2. The van der Waals surface area contributed by atoms with Crippen molar-refractivity contribution in [2.24, 2.45) is 0 Å². The molecule has 8 nitrogen and oxygen atoms in total. The predicted molar refractivity (Wildman–Crippen MR) is 139 cm³/mol. The lowest BCUT2D eigenvalue weighted by molar-refractivity contribution is 0.0926. The Morgan fingerprint density at radius 2 is 1.72 bits per heavy atom. The van der Waals surface area contributed by atoms with Crippen LogP contribution in [-0.4, -0.2) is 44.8 Å². The Morgan fingerprint density at radius 3 is 2.47 bits per heavy atom. The normalized spacial score (nSPS) is 19.7. The summed E-state index contributed by atoms with van der Waals surface area (Å²) in [4.78, 5) is 22.6. The van der Waals surface area contributed by atoms with E-state index in [1.807, 2.05) is 59.4 Å². The molecule has 2 N–H and O–H groups in total. The van der Waals surface area contributed by atoms with Gasteiger partial charge < -0.3 is 15.4 Å². The summed E-state index contributed by atoms with van der Waals surface area (Å²) in [6.07, 6.45) is 7.90. The second kappa shape index (κ2) is 9.60. The summed E-state index contributed by atoms with van der Waals surface area (Å²) in [5.41, 5.74) is 2.46. The average molecular weight is 483 g/mol. The quantitative estimate of drug-likeness (QED) is 0.391. The number of para-hydroxylation sites is 1. The topological polar surface area (TPSA) is 94.0 Å². The molecule has 2 saturated carbocycles. The molecule has 0 bridgehead atoms. The molecule has 8 heteroatoms. The molecule has 6 rings (SSSR count). The van der Waals surface area contributed by atoms with Gasteiger partial charge in [-0.3, -0.25) is 4.79 Å². The highest BCUT2D eigenvalue weighted by molar-refractivity contribution is 5.94. The lowest BCUT2D eigenvalue weighted by atomic mass is 9.91. The summed E-state index contributed by atoms with van der Waals surface area (Å²) < 4.78 is 7.15. The first-order valence-electron chi connectivity index (χ1n) is 12.7. The van der Waals surface area contributed by atoms with Gasteiger partial charge in [-0.05, 0) is 68.9 Å². The molecule has 0 atom stereocenters. The van der Waals surface area contributed by atoms with E-state index in [0.29, 0.717) is 23.3 Å². The number of aromatic nitrogens is 4. The number of benzene rings is 2. The molecule has 2 aromatic heterocycles. The Kier molecular flexibility index (Phi) is 6.01. The van der Waals surface area contributed by atoms with Gasteiger partial charge in [-0.2, -0.15) is 5.10 Å². The zero-order chi connectivity index (χ0) is 24.5. The number of rotatable bonds is 7. The number of hydrogen-bond acceptors (Lipinski definition) is 6. The van der Waals surface area contributed by atoms with Crippen molar-refractivity contribution in [3.05, 3.63) is 72.2 Å². The van der Waals surface area contributed by atoms with Gasteiger partial charge in [0.1, 0.15) is 17.4 Å². The van der Waals surface area contributed by atoms with Crippen LogP contribution < -0.4 is 15.4 Å². The maximum Gasteiger partial charge on any atom is 0.251 e. The van der Waals surface area contributed by atoms with E-state index in [0.717, 1.165) is 66.9 Å². The van der Waals surface area contributed by atoms with E-state index < -0.39 is 0 Å². The van der Waals surface area contributed by atoms with Crippen LogP contribution in [0.15, 0.2) is 60.8 Å². The molecule has 36 heavy (non-hydrogen) atoms. The van der Waals surface area contributed by atoms with E-state index in [1.54, 1.807) is 13.2 Å². The molecule has 1 amide bonds. The maximum absolute atomic E-state index is 12.7. The zero-order valence-corrected chi connectivity index (χ0v) is 20.4. The minimum atomic E-state index is -0.0507. The van der Waals surface area contributed by atoms with Crippen LogP contribution in [0.4, 0.5) is 5.82 Å². The van der Waals surface area contributed by atoms with Gasteiger partial charge in [-0.1, -0.05) is 24.3 Å². The van der Waals surface area contributed by atoms with Gasteiger partial charge >= 0.3 is 0 Å². The summed E-state index contributed by atoms with van der Waals surface area (Å²) in [7, 11) is 1.61. The Morgan fingerprint density at radius 1 is 0.944 bits per heavy atom. The third kappa shape index (κ3) is 4.63. The van der Waals surface area contributed by atoms with Crippen molar-refractivity contribution in [3.63, 3.8) is 0 Å². The van der Waals surface area contributed by atoms with Crippen LogP contribution in [0, 0.1) is 0 Å². The fourth-order valence-electron chi connectivity index (χ4n) is 4.93. The highest BCUT2D eigenvalue weighted by atomic mass is 16.5. The molecule has 2 fully saturated rings. The Bertz CT molecular complexity index is 1370. The van der Waals surface area contributed by atoms with E-state index in [-0.39, 0.29) is 11.9 Å². The lowest BCUT2D eigenvalue weighted by Crippen LogP contribution is -2.40. The molecular formula is C28H30N6O2. The zero-order valence-electron chi connectivity index (χ0n) is 20.4. The Balaban J connectivity index is 1.15. The summed E-state index contributed by atoms with van der Waals surface area (Å²) >= 11 is 0. The lowest BCUT2D eigenvalue weighted by Gasteiger charge is -2.30. The number of nitrogens with zero attached hydrogens (tertiary/aromatic N) is 4. The molecule has 4 aromatic rings. The summed E-state index contributed by atoms with van der Waals surface area (Å²) in [5.74, 6) is 2.85. The van der Waals surface area contributed by atoms with Crippen LogP contribution in [0.2, 0.25) is 0 Å². The third-order valence-corrected chi connectivity index (χ3v) is 7.12. The van der Waals surface area contributed by atoms with Crippen LogP contribution in [0.25, 0.3) is 16.7 Å². The third-order valence-electron chi connectivity index (χ3n) is 7.12. The SMILES string of the molecule is COc1cccc(C(=O)NC2CCC(Nc3nc(C4CC4)nc4c3cnn4-c3ccccc3)CC2)c1. The number of carbonyl (C=O) groups is 1. The Labute approximate surface area is 210 Å². The number of hydrogen-bond donors (Lipinski definition) is 2. The smallest absolute Gasteiger partial charge is 0.251 e. The van der Waals surface area contributed by atoms with Crippen LogP contribution in [0.1, 0.15) is 60.6 Å². The van der Waals surface area contributed by atoms with Crippen molar-refractivity contribution in [2.75, 3.05) is 12.4 Å². The summed E-state index contributed by atoms with van der Waals surface area (Å²) in [5, 5.41) is 12.5. The minimum absolute atomic E-state index is 0.0507. The van der Waals surface area contributed by atoms with Gasteiger partial charge in [-0.25, -0.2) is 14.6 Å². The number of methoxy groups -OCH3 is 1. The minimum Gasteiger partial charge on any atom is -0.497 e. The second-order valence-corrected chi connectivity index (χ2v) is 9.73. The van der Waals surface area contributed by atoms with E-state index in [2.05, 4.69) is 15.7 Å². The number of carbonyl (C=O) groups excluding carboxylic acids is 1. The van der Waals surface area contributed by atoms with Crippen molar-refractivity contribution in [3.8, 4) is 11.4 Å². The van der Waals surface area contributed by atoms with E-state index >= 15 is 0 Å². The van der Waals surface area contributed by atoms with Gasteiger partial charge in [0.2, 0.25) is 0 Å². The molecule has 184 valence electrons. The number of fused-ring (bicyclic) bond motifs is 1. The Hall–Kier alpha value is -3.94. The largest absolute Gasteiger partial charge is 0.497 e. The molecule has 2 aliphatic rings. The fraction of sp³-hybridized carbons (Fsp3) is 0.357. The maximum atomic E-state index is 12.7. The molecule has 0 aliphatic heterocycles. The molecule has 2 aliphatic carbocycles. The van der Waals surface area contributed by atoms with Crippen molar-refractivity contribution in [1.82, 2.24) is 25.1 Å². The first kappa shape index (κ1) is 22.5. The first-order valence-corrected chi connectivity index (χ1v) is 12.7. The van der Waals surface area contributed by atoms with Gasteiger partial charge in [0.15, 0.2) is 5.65 Å². The molecule has 0 saturated heterocycles. The highest BCUT2D eigenvalue weighted by Crippen LogP contribution is 2.40. The molecular weight excluding hydrogens is 452 g/mol. The number of anilines is 1. The van der Waals surface area contributed by atoms with Crippen LogP contribution in [-0.2, 0) is 0 Å². The van der Waals surface area contributed by atoms with Crippen LogP contribution >= 0.6 is 0 Å². The summed E-state index contributed by atoms with van der Waals surface area (Å²) in [6, 6.07) is 17.8. The fourth-order valence-corrected chi connectivity index (χ4v) is 4.93. The van der Waals surface area contributed by atoms with Crippen LogP contribution in [0.3, 0.4) is 0 Å². The van der Waals surface area contributed by atoms with Gasteiger partial charge in [-0.15, -0.1) is 0 Å². The molecule has 0 unspecified atom stereocenters. The molecule has 2 aromatic carbocycles. The number of amides is 1. The molecule has 2 heterocycles. The van der Waals surface area contributed by atoms with Gasteiger partial charge in [0.25, 0.3) is 5.91 Å². The predicted octanol–water partition coefficient (Wildman–Crippen LogP) is 4.85. The van der Waals surface area contributed by atoms with E-state index in [4.69, 9.17) is 14.7 Å². The summed E-state index contributed by atoms with van der Waals surface area (Å²) in [6.45, 7) is 0. The van der Waals surface area contributed by atoms with Crippen molar-refractivity contribution >= 4 is 22.8 Å². The van der Waals surface area contributed by atoms with Crippen molar-refractivity contribution in [1.29, 1.82) is 0 Å². The first-order chi connectivity index (χ1) is 17.7. The monoisotopic (exact) mass is 482 g/mol. The van der Waals surface area contributed by atoms with Crippen molar-refractivity contribution < 1.29 is 9.53 Å². The standard InChI is InChI=1S/C28H30N6O2/c1-36-23-9-5-6-19(16-23)28(35)31-21-14-12-20(13-15-21)30-26-24-17-29-34(22-7-3-2-4-8-22)27(24)33-25(32-26)18-10-11-18/h2-9,16-18,20-21H,10-15H2,1H3,(H,31,35)(H,30,32,33). The van der Waals surface area contributed by atoms with Gasteiger partial charge in [0.05, 0.1) is 24.4 Å². The molecule has 0 spiro atoms. The average Bonchev–Trinajstić information content (AvgIpc) is 3.69. The molecule has 0 radical (unpaired) electrons. The van der Waals surface area contributed by atoms with Crippen LogP contribution in [0.5, 0.6) is 5.75 Å². The van der Waals surface area contributed by atoms with Gasteiger partial charge in [0, 0.05) is 23.6 Å².